The third kappa shape index (κ3) is 12.6. The van der Waals surface area contributed by atoms with E-state index in [2.05, 4.69) is 68.8 Å². The van der Waals surface area contributed by atoms with Gasteiger partial charge in [0.25, 0.3) is 0 Å². The first-order valence-electron chi connectivity index (χ1n) is 15.5. The molecule has 0 bridgehead atoms. The number of piperidine rings is 2. The van der Waals surface area contributed by atoms with E-state index in [1.165, 1.54) is 5.56 Å². The summed E-state index contributed by atoms with van der Waals surface area (Å²) < 4.78 is 22.9. The molecule has 0 saturated carbocycles. The summed E-state index contributed by atoms with van der Waals surface area (Å²) in [6.45, 7) is 10.0. The van der Waals surface area contributed by atoms with Crippen molar-refractivity contribution in [2.24, 2.45) is 0 Å². The molecular formula is C31H45BrCl4N8O4. The smallest absolute Gasteiger partial charge is 0.224 e. The third-order valence-electron chi connectivity index (χ3n) is 7.57. The molecule has 0 amide bonds. The van der Waals surface area contributed by atoms with Gasteiger partial charge in [0.2, 0.25) is 10.6 Å². The average Bonchev–Trinajstić information content (AvgIpc) is 3.05. The van der Waals surface area contributed by atoms with Crippen LogP contribution in [0.25, 0.3) is 0 Å². The average molecular weight is 815 g/mol. The zero-order valence-corrected chi connectivity index (χ0v) is 32.3. The molecule has 2 aliphatic heterocycles. The van der Waals surface area contributed by atoms with Crippen LogP contribution in [0.4, 0.5) is 11.6 Å². The van der Waals surface area contributed by atoms with Gasteiger partial charge in [-0.05, 0) is 109 Å². The van der Waals surface area contributed by atoms with E-state index in [4.69, 9.17) is 42.1 Å². The summed E-state index contributed by atoms with van der Waals surface area (Å²) in [7, 11) is 3.20. The monoisotopic (exact) mass is 812 g/mol. The van der Waals surface area contributed by atoms with Crippen LogP contribution in [-0.2, 0) is 6.54 Å². The number of rotatable bonds is 12. The van der Waals surface area contributed by atoms with E-state index >= 15 is 0 Å². The van der Waals surface area contributed by atoms with Crippen molar-refractivity contribution in [1.29, 1.82) is 0 Å². The number of likely N-dealkylation sites (tertiary alicyclic amines) is 1. The predicted octanol–water partition coefficient (Wildman–Crippen LogP) is 6.92. The Hall–Kier alpha value is -2.26. The Morgan fingerprint density at radius 2 is 1.25 bits per heavy atom. The number of nitrogens with zero attached hydrogens (tertiary/aromatic N) is 5. The molecule has 2 saturated heterocycles. The van der Waals surface area contributed by atoms with Gasteiger partial charge in [0, 0.05) is 31.7 Å². The third-order valence-corrected chi connectivity index (χ3v) is 8.72. The second kappa shape index (κ2) is 21.7. The SMILES string of the molecule is CCOc1cc(CN2CCC(Nc3nc(Cl)ncc3OC)CC2)cc(OCC)c1Br.COc1cnc(Cl)nc1NC1CCNCC1.Cl.Cl. The van der Waals surface area contributed by atoms with Crippen LogP contribution >= 0.6 is 63.9 Å². The van der Waals surface area contributed by atoms with Crippen LogP contribution in [0.15, 0.2) is 29.0 Å². The first kappa shape index (κ1) is 41.9. The van der Waals surface area contributed by atoms with Gasteiger partial charge in [0.1, 0.15) is 16.0 Å². The fraction of sp³-hybridized carbons (Fsp3) is 0.548. The van der Waals surface area contributed by atoms with Crippen LogP contribution in [-0.4, -0.2) is 90.5 Å². The van der Waals surface area contributed by atoms with Crippen LogP contribution in [0.1, 0.15) is 45.1 Å². The fourth-order valence-corrected chi connectivity index (χ4v) is 6.01. The van der Waals surface area contributed by atoms with Gasteiger partial charge in [0.15, 0.2) is 23.1 Å². The number of methoxy groups -OCH3 is 2. The van der Waals surface area contributed by atoms with E-state index < -0.39 is 0 Å². The highest BCUT2D eigenvalue weighted by Crippen LogP contribution is 2.37. The number of benzene rings is 1. The van der Waals surface area contributed by atoms with Crippen molar-refractivity contribution < 1.29 is 18.9 Å². The molecule has 12 nitrogen and oxygen atoms in total. The lowest BCUT2D eigenvalue weighted by atomic mass is 10.0. The molecule has 2 fully saturated rings. The van der Waals surface area contributed by atoms with Crippen LogP contribution in [0.3, 0.4) is 0 Å². The Labute approximate surface area is 313 Å². The molecule has 3 N–H and O–H groups in total. The molecule has 0 aliphatic carbocycles. The maximum atomic E-state index is 5.94. The molecule has 17 heteroatoms. The van der Waals surface area contributed by atoms with Crippen molar-refractivity contribution in [2.45, 2.75) is 58.2 Å². The minimum atomic E-state index is 0. The molecule has 0 unspecified atom stereocenters. The quantitative estimate of drug-likeness (QED) is 0.164. The largest absolute Gasteiger partial charge is 0.493 e. The number of hydrogen-bond donors (Lipinski definition) is 3. The van der Waals surface area contributed by atoms with E-state index in [1.807, 2.05) is 13.8 Å². The van der Waals surface area contributed by atoms with Crippen LogP contribution in [0.5, 0.6) is 23.0 Å². The van der Waals surface area contributed by atoms with Gasteiger partial charge < -0.3 is 34.9 Å². The molecule has 4 heterocycles. The number of aromatic nitrogens is 4. The maximum absolute atomic E-state index is 5.94. The van der Waals surface area contributed by atoms with Gasteiger partial charge in [-0.3, -0.25) is 4.90 Å². The maximum Gasteiger partial charge on any atom is 0.224 e. The number of ether oxygens (including phenoxy) is 4. The van der Waals surface area contributed by atoms with Gasteiger partial charge in [-0.2, -0.15) is 9.97 Å². The Morgan fingerprint density at radius 3 is 1.69 bits per heavy atom. The molecule has 48 heavy (non-hydrogen) atoms. The molecular weight excluding hydrogens is 770 g/mol. The molecule has 3 aromatic rings. The zero-order valence-electron chi connectivity index (χ0n) is 27.6. The highest BCUT2D eigenvalue weighted by Gasteiger charge is 2.22. The van der Waals surface area contributed by atoms with Crippen molar-refractivity contribution >= 4 is 75.6 Å². The summed E-state index contributed by atoms with van der Waals surface area (Å²) in [6.07, 6.45) is 7.32. The summed E-state index contributed by atoms with van der Waals surface area (Å²) >= 11 is 15.3. The molecule has 5 rings (SSSR count). The number of anilines is 2. The zero-order chi connectivity index (χ0) is 32.9. The molecule has 2 aromatic heterocycles. The standard InChI is InChI=1S/C21H28BrClN4O3.C10H15ClN4O.2ClH/c1-4-29-16-10-14(11-17(19(16)22)30-5-2)13-27-8-6-15(7-9-27)25-20-18(28-3)12-24-21(23)26-20;1-16-8-6-13-10(11)15-9(8)14-7-2-4-12-5-3-7;;/h10-12,15H,4-9,13H2,1-3H3,(H,24,25,26);6-7,12H,2-5H2,1H3,(H,13,14,15);2*1H. The van der Waals surface area contributed by atoms with Crippen molar-refractivity contribution in [1.82, 2.24) is 30.2 Å². The van der Waals surface area contributed by atoms with Crippen molar-refractivity contribution in [3.05, 3.63) is 45.1 Å². The number of nitrogens with one attached hydrogen (secondary N) is 3. The van der Waals surface area contributed by atoms with E-state index in [0.717, 1.165) is 74.4 Å². The number of halogens is 5. The van der Waals surface area contributed by atoms with E-state index in [-0.39, 0.29) is 35.4 Å². The Balaban J connectivity index is 0.000000377. The van der Waals surface area contributed by atoms with Gasteiger partial charge in [0.05, 0.1) is 39.8 Å². The topological polar surface area (TPSA) is 128 Å². The lowest BCUT2D eigenvalue weighted by molar-refractivity contribution is 0.210. The highest BCUT2D eigenvalue weighted by atomic mass is 79.9. The minimum Gasteiger partial charge on any atom is -0.493 e. The normalized spacial score (nSPS) is 15.1. The van der Waals surface area contributed by atoms with Crippen molar-refractivity contribution in [3.63, 3.8) is 0 Å². The summed E-state index contributed by atoms with van der Waals surface area (Å²) in [6, 6.07) is 4.91. The molecule has 2 aliphatic rings. The summed E-state index contributed by atoms with van der Waals surface area (Å²) in [4.78, 5) is 18.7. The molecule has 0 atom stereocenters. The van der Waals surface area contributed by atoms with Gasteiger partial charge in [-0.15, -0.1) is 24.8 Å². The molecule has 0 radical (unpaired) electrons. The summed E-state index contributed by atoms with van der Waals surface area (Å²) in [5.74, 6) is 4.19. The first-order chi connectivity index (χ1) is 22.3. The predicted molar refractivity (Wildman–Crippen MR) is 200 cm³/mol. The van der Waals surface area contributed by atoms with Crippen LogP contribution in [0.2, 0.25) is 10.6 Å². The Kier molecular flexibility index (Phi) is 19.0. The van der Waals surface area contributed by atoms with Gasteiger partial charge >= 0.3 is 0 Å². The molecule has 0 spiro atoms. The molecule has 1 aromatic carbocycles. The minimum absolute atomic E-state index is 0. The van der Waals surface area contributed by atoms with Crippen molar-refractivity contribution in [3.8, 4) is 23.0 Å². The van der Waals surface area contributed by atoms with E-state index in [1.54, 1.807) is 26.6 Å². The van der Waals surface area contributed by atoms with Crippen molar-refractivity contribution in [2.75, 3.05) is 64.2 Å². The highest BCUT2D eigenvalue weighted by molar-refractivity contribution is 9.10. The van der Waals surface area contributed by atoms with E-state index in [0.29, 0.717) is 48.4 Å². The lowest BCUT2D eigenvalue weighted by Crippen LogP contribution is -2.38. The fourth-order valence-electron chi connectivity index (χ4n) is 5.29. The molecule has 268 valence electrons. The first-order valence-corrected chi connectivity index (χ1v) is 17.1. The van der Waals surface area contributed by atoms with Crippen LogP contribution < -0.4 is 34.9 Å². The second-order valence-electron chi connectivity index (χ2n) is 10.7. The Morgan fingerprint density at radius 1 is 0.792 bits per heavy atom. The number of hydrogen-bond acceptors (Lipinski definition) is 12. The second-order valence-corrected chi connectivity index (χ2v) is 12.2. The van der Waals surface area contributed by atoms with Gasteiger partial charge in [-0.1, -0.05) is 0 Å². The Bertz CT molecular complexity index is 1380. The summed E-state index contributed by atoms with van der Waals surface area (Å²) in [5, 5.41) is 10.5. The summed E-state index contributed by atoms with van der Waals surface area (Å²) in [5.41, 5.74) is 1.18. The van der Waals surface area contributed by atoms with Crippen LogP contribution in [0, 0.1) is 0 Å². The van der Waals surface area contributed by atoms with Gasteiger partial charge in [-0.25, -0.2) is 9.97 Å². The lowest BCUT2D eigenvalue weighted by Gasteiger charge is -2.33. The van der Waals surface area contributed by atoms with E-state index in [9.17, 15) is 0 Å².